The molecule has 0 radical (unpaired) electrons. The number of rotatable bonds is 4. The smallest absolute Gasteiger partial charge is 0.243 e. The van der Waals surface area contributed by atoms with E-state index >= 15 is 0 Å². The molecule has 0 aromatic rings. The van der Waals surface area contributed by atoms with Crippen molar-refractivity contribution in [2.45, 2.75) is 43.4 Å². The van der Waals surface area contributed by atoms with Gasteiger partial charge in [0.15, 0.2) is 0 Å². The summed E-state index contributed by atoms with van der Waals surface area (Å²) in [7, 11) is 0. The standard InChI is InChI=1S/C13H20N2O2S/c16-12-5-11(18-8-9-6-14-7-9)13(17)15(12)10-3-1-2-4-10/h9-11,14H,1-8H2. The molecule has 3 aliphatic rings. The van der Waals surface area contributed by atoms with E-state index in [1.165, 1.54) is 0 Å². The van der Waals surface area contributed by atoms with E-state index in [0.717, 1.165) is 44.5 Å². The predicted molar refractivity (Wildman–Crippen MR) is 71.3 cm³/mol. The van der Waals surface area contributed by atoms with Gasteiger partial charge < -0.3 is 5.32 Å². The molecule has 0 aromatic carbocycles. The lowest BCUT2D eigenvalue weighted by Crippen LogP contribution is -2.44. The molecule has 0 spiro atoms. The fourth-order valence-corrected chi connectivity index (χ4v) is 4.27. The summed E-state index contributed by atoms with van der Waals surface area (Å²) in [5.41, 5.74) is 0. The van der Waals surface area contributed by atoms with Gasteiger partial charge in [0.25, 0.3) is 0 Å². The Morgan fingerprint density at radius 3 is 2.56 bits per heavy atom. The molecule has 0 bridgehead atoms. The van der Waals surface area contributed by atoms with Gasteiger partial charge in [-0.3, -0.25) is 14.5 Å². The zero-order valence-corrected chi connectivity index (χ0v) is 11.4. The Morgan fingerprint density at radius 1 is 1.22 bits per heavy atom. The largest absolute Gasteiger partial charge is 0.316 e. The number of hydrogen-bond acceptors (Lipinski definition) is 4. The van der Waals surface area contributed by atoms with Gasteiger partial charge in [0.1, 0.15) is 0 Å². The molecular formula is C13H20N2O2S. The van der Waals surface area contributed by atoms with Gasteiger partial charge in [-0.15, -0.1) is 11.8 Å². The summed E-state index contributed by atoms with van der Waals surface area (Å²) in [5, 5.41) is 3.14. The highest BCUT2D eigenvalue weighted by Gasteiger charge is 2.43. The molecule has 1 N–H and O–H groups in total. The van der Waals surface area contributed by atoms with Crippen LogP contribution in [0.5, 0.6) is 0 Å². The summed E-state index contributed by atoms with van der Waals surface area (Å²) in [4.78, 5) is 25.9. The van der Waals surface area contributed by atoms with Gasteiger partial charge in [0.05, 0.1) is 5.25 Å². The number of nitrogens with one attached hydrogen (secondary N) is 1. The van der Waals surface area contributed by atoms with E-state index in [0.29, 0.717) is 12.3 Å². The molecule has 18 heavy (non-hydrogen) atoms. The maximum absolute atomic E-state index is 12.3. The molecule has 2 aliphatic heterocycles. The van der Waals surface area contributed by atoms with Gasteiger partial charge in [-0.1, -0.05) is 12.8 Å². The molecule has 1 unspecified atom stereocenters. The van der Waals surface area contributed by atoms with E-state index in [4.69, 9.17) is 0 Å². The Kier molecular flexibility index (Phi) is 3.61. The third-order valence-corrected chi connectivity index (χ3v) is 5.67. The first kappa shape index (κ1) is 12.5. The lowest BCUT2D eigenvalue weighted by molar-refractivity contribution is -0.140. The average Bonchev–Trinajstić information content (AvgIpc) is 2.86. The molecule has 1 saturated carbocycles. The van der Waals surface area contributed by atoms with Crippen LogP contribution >= 0.6 is 11.8 Å². The highest BCUT2D eigenvalue weighted by molar-refractivity contribution is 8.00. The van der Waals surface area contributed by atoms with Gasteiger partial charge >= 0.3 is 0 Å². The van der Waals surface area contributed by atoms with Crippen molar-refractivity contribution in [1.82, 2.24) is 10.2 Å². The van der Waals surface area contributed by atoms with Crippen LogP contribution in [0.15, 0.2) is 0 Å². The van der Waals surface area contributed by atoms with Crippen molar-refractivity contribution >= 4 is 23.6 Å². The van der Waals surface area contributed by atoms with Crippen LogP contribution in [0.3, 0.4) is 0 Å². The van der Waals surface area contributed by atoms with Crippen molar-refractivity contribution in [3.8, 4) is 0 Å². The Balaban J connectivity index is 1.56. The fourth-order valence-electron chi connectivity index (χ4n) is 3.02. The minimum atomic E-state index is -0.0984. The van der Waals surface area contributed by atoms with Crippen molar-refractivity contribution in [2.75, 3.05) is 18.8 Å². The summed E-state index contributed by atoms with van der Waals surface area (Å²) in [5.74, 6) is 1.86. The van der Waals surface area contributed by atoms with E-state index in [1.807, 2.05) is 0 Å². The first-order valence-corrected chi connectivity index (χ1v) is 7.99. The van der Waals surface area contributed by atoms with Gasteiger partial charge in [-0.05, 0) is 37.6 Å². The van der Waals surface area contributed by atoms with Crippen molar-refractivity contribution in [2.24, 2.45) is 5.92 Å². The summed E-state index contributed by atoms with van der Waals surface area (Å²) in [6, 6.07) is 0.209. The molecule has 1 atom stereocenters. The molecule has 5 heteroatoms. The van der Waals surface area contributed by atoms with Crippen molar-refractivity contribution in [1.29, 1.82) is 0 Å². The maximum atomic E-state index is 12.3. The van der Waals surface area contributed by atoms with Crippen LogP contribution in [0, 0.1) is 5.92 Å². The molecule has 0 aromatic heterocycles. The number of imide groups is 1. The quantitative estimate of drug-likeness (QED) is 0.773. The summed E-state index contributed by atoms with van der Waals surface area (Å²) in [6.45, 7) is 2.13. The molecule has 3 fully saturated rings. The second kappa shape index (κ2) is 5.21. The topological polar surface area (TPSA) is 49.4 Å². The highest BCUT2D eigenvalue weighted by Crippen LogP contribution is 2.33. The van der Waals surface area contributed by atoms with E-state index in [-0.39, 0.29) is 23.1 Å². The second-order valence-corrected chi connectivity index (χ2v) is 6.83. The summed E-state index contributed by atoms with van der Waals surface area (Å²) < 4.78 is 0. The molecular weight excluding hydrogens is 248 g/mol. The molecule has 2 saturated heterocycles. The normalized spacial score (nSPS) is 30.2. The number of likely N-dealkylation sites (tertiary alicyclic amines) is 1. The van der Waals surface area contributed by atoms with Crippen LogP contribution in [0.4, 0.5) is 0 Å². The molecule has 100 valence electrons. The number of thioether (sulfide) groups is 1. The number of nitrogens with zero attached hydrogens (tertiary/aromatic N) is 1. The van der Waals surface area contributed by atoms with Crippen LogP contribution in [0.25, 0.3) is 0 Å². The van der Waals surface area contributed by atoms with Crippen LogP contribution in [0.1, 0.15) is 32.1 Å². The first-order chi connectivity index (χ1) is 8.75. The van der Waals surface area contributed by atoms with Gasteiger partial charge in [-0.25, -0.2) is 0 Å². The van der Waals surface area contributed by atoms with Crippen LogP contribution in [0.2, 0.25) is 0 Å². The summed E-state index contributed by atoms with van der Waals surface area (Å²) >= 11 is 1.69. The Morgan fingerprint density at radius 2 is 1.94 bits per heavy atom. The minimum Gasteiger partial charge on any atom is -0.316 e. The van der Waals surface area contributed by atoms with Gasteiger partial charge in [0.2, 0.25) is 11.8 Å². The average molecular weight is 268 g/mol. The Bertz CT molecular complexity index is 351. The minimum absolute atomic E-state index is 0.0659. The SMILES string of the molecule is O=C1CC(SCC2CNC2)C(=O)N1C1CCCC1. The molecule has 3 rings (SSSR count). The summed E-state index contributed by atoms with van der Waals surface area (Å²) in [6.07, 6.45) is 4.78. The van der Waals surface area contributed by atoms with Crippen molar-refractivity contribution in [3.63, 3.8) is 0 Å². The number of hydrogen-bond donors (Lipinski definition) is 1. The van der Waals surface area contributed by atoms with Crippen LogP contribution < -0.4 is 5.32 Å². The maximum Gasteiger partial charge on any atom is 0.243 e. The lowest BCUT2D eigenvalue weighted by atomic mass is 10.1. The third-order valence-electron chi connectivity index (χ3n) is 4.23. The lowest BCUT2D eigenvalue weighted by Gasteiger charge is -2.27. The van der Waals surface area contributed by atoms with E-state index in [9.17, 15) is 9.59 Å². The Labute approximate surface area is 112 Å². The van der Waals surface area contributed by atoms with Gasteiger partial charge in [-0.2, -0.15) is 0 Å². The van der Waals surface area contributed by atoms with Crippen LogP contribution in [-0.2, 0) is 9.59 Å². The molecule has 4 nitrogen and oxygen atoms in total. The van der Waals surface area contributed by atoms with E-state index < -0.39 is 0 Å². The van der Waals surface area contributed by atoms with E-state index in [2.05, 4.69) is 5.32 Å². The second-order valence-electron chi connectivity index (χ2n) is 5.59. The monoisotopic (exact) mass is 268 g/mol. The number of amides is 2. The predicted octanol–water partition coefficient (Wildman–Crippen LogP) is 1.01. The molecule has 2 heterocycles. The van der Waals surface area contributed by atoms with Crippen molar-refractivity contribution in [3.05, 3.63) is 0 Å². The first-order valence-electron chi connectivity index (χ1n) is 6.94. The zero-order chi connectivity index (χ0) is 12.5. The van der Waals surface area contributed by atoms with Crippen LogP contribution in [-0.4, -0.2) is 46.8 Å². The highest BCUT2D eigenvalue weighted by atomic mass is 32.2. The molecule has 1 aliphatic carbocycles. The van der Waals surface area contributed by atoms with Crippen molar-refractivity contribution < 1.29 is 9.59 Å². The van der Waals surface area contributed by atoms with Gasteiger partial charge in [0, 0.05) is 12.5 Å². The zero-order valence-electron chi connectivity index (χ0n) is 10.6. The number of carbonyl (C=O) groups is 2. The Hall–Kier alpha value is -0.550. The third kappa shape index (κ3) is 2.30. The molecule has 2 amide bonds. The fraction of sp³-hybridized carbons (Fsp3) is 0.846. The number of carbonyl (C=O) groups excluding carboxylic acids is 2. The van der Waals surface area contributed by atoms with E-state index in [1.54, 1.807) is 16.7 Å².